The molecule has 7 nitrogen and oxygen atoms in total. The highest BCUT2D eigenvalue weighted by Gasteiger charge is 2.22. The van der Waals surface area contributed by atoms with Crippen molar-refractivity contribution in [3.05, 3.63) is 52.3 Å². The molecule has 0 N–H and O–H groups in total. The van der Waals surface area contributed by atoms with Crippen LogP contribution in [-0.4, -0.2) is 28.0 Å². The van der Waals surface area contributed by atoms with Crippen molar-refractivity contribution in [1.29, 1.82) is 0 Å². The van der Waals surface area contributed by atoms with Crippen LogP contribution >= 0.6 is 0 Å². The number of rotatable bonds is 3. The summed E-state index contributed by atoms with van der Waals surface area (Å²) < 4.78 is 4.62. The van der Waals surface area contributed by atoms with E-state index in [0.29, 0.717) is 0 Å². The van der Waals surface area contributed by atoms with Gasteiger partial charge in [-0.1, -0.05) is 0 Å². The van der Waals surface area contributed by atoms with E-state index in [-0.39, 0.29) is 22.6 Å². The lowest BCUT2D eigenvalue weighted by atomic mass is 10.1. The first kappa shape index (κ1) is 12.6. The molecule has 0 atom stereocenters. The lowest BCUT2D eigenvalue weighted by Gasteiger charge is -2.06. The van der Waals surface area contributed by atoms with E-state index >= 15 is 0 Å². The van der Waals surface area contributed by atoms with E-state index in [9.17, 15) is 14.9 Å². The highest BCUT2D eigenvalue weighted by molar-refractivity contribution is 5.96. The zero-order chi connectivity index (χ0) is 13.8. The third-order valence-electron chi connectivity index (χ3n) is 2.42. The number of pyridine rings is 2. The Hall–Kier alpha value is -2.83. The number of nitro groups is 1. The number of carbonyl (C=O) groups is 1. The molecule has 2 aromatic rings. The Labute approximate surface area is 108 Å². The molecule has 0 saturated carbocycles. The summed E-state index contributed by atoms with van der Waals surface area (Å²) >= 11 is 0. The predicted octanol–water partition coefficient (Wildman–Crippen LogP) is 1.84. The minimum Gasteiger partial charge on any atom is -0.465 e. The summed E-state index contributed by atoms with van der Waals surface area (Å²) in [6.07, 6.45) is 2.83. The molecule has 0 radical (unpaired) electrons. The van der Waals surface area contributed by atoms with Gasteiger partial charge in [0.1, 0.15) is 5.69 Å². The first-order chi connectivity index (χ1) is 9.15. The normalized spacial score (nSPS) is 9.95. The van der Waals surface area contributed by atoms with Crippen LogP contribution < -0.4 is 0 Å². The molecule has 0 aliphatic heterocycles. The van der Waals surface area contributed by atoms with Crippen molar-refractivity contribution in [1.82, 2.24) is 9.97 Å². The number of hydrogen-bond donors (Lipinski definition) is 0. The third-order valence-corrected chi connectivity index (χ3v) is 2.42. The van der Waals surface area contributed by atoms with E-state index in [2.05, 4.69) is 14.7 Å². The first-order valence-electron chi connectivity index (χ1n) is 5.28. The van der Waals surface area contributed by atoms with E-state index in [4.69, 9.17) is 0 Å². The van der Waals surface area contributed by atoms with Crippen molar-refractivity contribution >= 4 is 11.7 Å². The van der Waals surface area contributed by atoms with Gasteiger partial charge in [-0.2, -0.15) is 0 Å². The molecule has 0 aromatic carbocycles. The molecule has 2 rings (SSSR count). The lowest BCUT2D eigenvalue weighted by molar-refractivity contribution is -0.384. The van der Waals surface area contributed by atoms with Crippen molar-refractivity contribution in [3.63, 3.8) is 0 Å². The van der Waals surface area contributed by atoms with Crippen LogP contribution in [0.15, 0.2) is 36.7 Å². The van der Waals surface area contributed by atoms with Crippen molar-refractivity contribution in [2.45, 2.75) is 0 Å². The Morgan fingerprint density at radius 2 is 1.84 bits per heavy atom. The fourth-order valence-corrected chi connectivity index (χ4v) is 1.60. The Balaban J connectivity index is 2.66. The molecule has 0 aliphatic rings. The molecular weight excluding hydrogens is 250 g/mol. The zero-order valence-electron chi connectivity index (χ0n) is 9.94. The highest BCUT2D eigenvalue weighted by Crippen LogP contribution is 2.28. The number of aromatic nitrogens is 2. The SMILES string of the molecule is COC(=O)c1cccnc1-c1ncccc1[N+](=O)[O-]. The number of nitrogens with zero attached hydrogens (tertiary/aromatic N) is 3. The maximum Gasteiger partial charge on any atom is 0.340 e. The van der Waals surface area contributed by atoms with Crippen molar-refractivity contribution < 1.29 is 14.5 Å². The van der Waals surface area contributed by atoms with Gasteiger partial charge in [0.25, 0.3) is 5.69 Å². The maximum absolute atomic E-state index is 11.6. The van der Waals surface area contributed by atoms with Gasteiger partial charge in [-0.3, -0.25) is 15.1 Å². The van der Waals surface area contributed by atoms with E-state index < -0.39 is 10.9 Å². The molecule has 0 amide bonds. The first-order valence-corrected chi connectivity index (χ1v) is 5.28. The van der Waals surface area contributed by atoms with Crippen LogP contribution in [0.4, 0.5) is 5.69 Å². The summed E-state index contributed by atoms with van der Waals surface area (Å²) in [5.41, 5.74) is 0.0771. The van der Waals surface area contributed by atoms with Crippen LogP contribution in [0.5, 0.6) is 0 Å². The molecule has 0 bridgehead atoms. The molecule has 0 fully saturated rings. The fourth-order valence-electron chi connectivity index (χ4n) is 1.60. The Morgan fingerprint density at radius 3 is 2.47 bits per heavy atom. The smallest absolute Gasteiger partial charge is 0.340 e. The molecule has 2 heterocycles. The van der Waals surface area contributed by atoms with Crippen molar-refractivity contribution in [2.75, 3.05) is 7.11 Å². The minimum atomic E-state index is -0.622. The molecule has 0 spiro atoms. The van der Waals surface area contributed by atoms with E-state index in [1.807, 2.05) is 0 Å². The monoisotopic (exact) mass is 259 g/mol. The van der Waals surface area contributed by atoms with E-state index in [1.165, 1.54) is 37.7 Å². The molecule has 19 heavy (non-hydrogen) atoms. The van der Waals surface area contributed by atoms with Gasteiger partial charge in [0.05, 0.1) is 17.6 Å². The highest BCUT2D eigenvalue weighted by atomic mass is 16.6. The largest absolute Gasteiger partial charge is 0.465 e. The topological polar surface area (TPSA) is 95.2 Å². The van der Waals surface area contributed by atoms with Crippen LogP contribution in [0.3, 0.4) is 0 Å². The Morgan fingerprint density at radius 1 is 1.21 bits per heavy atom. The second-order valence-electron chi connectivity index (χ2n) is 3.52. The van der Waals surface area contributed by atoms with Crippen molar-refractivity contribution in [3.8, 4) is 11.4 Å². The third kappa shape index (κ3) is 2.39. The number of methoxy groups -OCH3 is 1. The van der Waals surface area contributed by atoms with Crippen LogP contribution in [0.25, 0.3) is 11.4 Å². The molecule has 0 unspecified atom stereocenters. The van der Waals surface area contributed by atoms with Gasteiger partial charge in [-0.05, 0) is 18.2 Å². The van der Waals surface area contributed by atoms with Gasteiger partial charge < -0.3 is 4.74 Å². The van der Waals surface area contributed by atoms with Gasteiger partial charge in [0.2, 0.25) is 0 Å². The standard InChI is InChI=1S/C12H9N3O4/c1-19-12(16)8-4-2-6-13-10(8)11-9(15(17)18)5-3-7-14-11/h2-7H,1H3. The minimum absolute atomic E-state index is 0.0356. The average Bonchev–Trinajstić information content (AvgIpc) is 2.46. The van der Waals surface area contributed by atoms with Gasteiger partial charge in [0, 0.05) is 18.5 Å². The van der Waals surface area contributed by atoms with Crippen LogP contribution in [0.2, 0.25) is 0 Å². The second kappa shape index (κ2) is 5.21. The molecule has 96 valence electrons. The summed E-state index contributed by atoms with van der Waals surface area (Å²) in [4.78, 5) is 30.0. The summed E-state index contributed by atoms with van der Waals surface area (Å²) in [6, 6.07) is 5.78. The summed E-state index contributed by atoms with van der Waals surface area (Å²) in [5.74, 6) is -0.622. The van der Waals surface area contributed by atoms with Gasteiger partial charge in [0.15, 0.2) is 5.69 Å². The lowest BCUT2D eigenvalue weighted by Crippen LogP contribution is -2.06. The molecular formula is C12H9N3O4. The summed E-state index contributed by atoms with van der Waals surface area (Å²) in [6.45, 7) is 0. The Bertz CT molecular complexity index is 642. The number of hydrogen-bond acceptors (Lipinski definition) is 6. The predicted molar refractivity (Wildman–Crippen MR) is 65.5 cm³/mol. The summed E-state index contributed by atoms with van der Waals surface area (Å²) in [5, 5.41) is 11.0. The van der Waals surface area contributed by atoms with Crippen LogP contribution in [0, 0.1) is 10.1 Å². The van der Waals surface area contributed by atoms with Gasteiger partial charge in [-0.25, -0.2) is 9.78 Å². The Kier molecular flexibility index (Phi) is 3.46. The second-order valence-corrected chi connectivity index (χ2v) is 3.52. The average molecular weight is 259 g/mol. The number of carbonyl (C=O) groups excluding carboxylic acids is 1. The molecule has 0 saturated heterocycles. The molecule has 7 heteroatoms. The van der Waals surface area contributed by atoms with Crippen molar-refractivity contribution in [2.24, 2.45) is 0 Å². The zero-order valence-corrected chi connectivity index (χ0v) is 9.94. The van der Waals surface area contributed by atoms with Gasteiger partial charge >= 0.3 is 5.97 Å². The number of esters is 1. The quantitative estimate of drug-likeness (QED) is 0.474. The van der Waals surface area contributed by atoms with Gasteiger partial charge in [-0.15, -0.1) is 0 Å². The van der Waals surface area contributed by atoms with E-state index in [1.54, 1.807) is 6.07 Å². The molecule has 2 aromatic heterocycles. The summed E-state index contributed by atoms with van der Waals surface area (Å²) in [7, 11) is 1.23. The number of ether oxygens (including phenoxy) is 1. The molecule has 0 aliphatic carbocycles. The maximum atomic E-state index is 11.6. The van der Waals surface area contributed by atoms with Crippen LogP contribution in [-0.2, 0) is 4.74 Å². The fraction of sp³-hybridized carbons (Fsp3) is 0.0833. The van der Waals surface area contributed by atoms with Crippen LogP contribution in [0.1, 0.15) is 10.4 Å². The van der Waals surface area contributed by atoms with E-state index in [0.717, 1.165) is 0 Å².